The molecule has 19 heavy (non-hydrogen) atoms. The number of carbonyl (C=O) groups excluding carboxylic acids is 1. The second-order valence-electron chi connectivity index (χ2n) is 4.02. The van der Waals surface area contributed by atoms with E-state index in [4.69, 9.17) is 16.0 Å². The van der Waals surface area contributed by atoms with Gasteiger partial charge in [0.1, 0.15) is 0 Å². The lowest BCUT2D eigenvalue weighted by Crippen LogP contribution is -2.10. The lowest BCUT2D eigenvalue weighted by molar-refractivity contribution is -0.116. The largest absolute Gasteiger partial charge is 0.423 e. The van der Waals surface area contributed by atoms with Gasteiger partial charge in [0.15, 0.2) is 0 Å². The number of anilines is 1. The summed E-state index contributed by atoms with van der Waals surface area (Å²) in [6.07, 6.45) is 3.42. The topological polar surface area (TPSA) is 68.0 Å². The number of nitrogens with zero attached hydrogens (tertiary/aromatic N) is 2. The fourth-order valence-corrected chi connectivity index (χ4v) is 1.79. The Hall–Kier alpha value is -1.88. The summed E-state index contributed by atoms with van der Waals surface area (Å²) in [5.41, 5.74) is 1.57. The highest BCUT2D eigenvalue weighted by Gasteiger charge is 2.05. The first-order valence-electron chi connectivity index (χ1n) is 6.02. The number of unbranched alkanes of at least 4 members (excludes halogenated alkanes) is 1. The molecule has 0 saturated heterocycles. The summed E-state index contributed by atoms with van der Waals surface area (Å²) >= 11 is 5.56. The van der Waals surface area contributed by atoms with Crippen LogP contribution >= 0.6 is 11.6 Å². The molecule has 0 atom stereocenters. The average Bonchev–Trinajstić information content (AvgIpc) is 2.94. The average molecular weight is 280 g/mol. The molecular weight excluding hydrogens is 266 g/mol. The van der Waals surface area contributed by atoms with Crippen molar-refractivity contribution in [3.05, 3.63) is 30.7 Å². The second-order valence-corrected chi connectivity index (χ2v) is 4.39. The van der Waals surface area contributed by atoms with E-state index in [9.17, 15) is 4.79 Å². The minimum Gasteiger partial charge on any atom is -0.423 e. The van der Waals surface area contributed by atoms with Crippen LogP contribution in [0.3, 0.4) is 0 Å². The van der Waals surface area contributed by atoms with Crippen molar-refractivity contribution in [2.75, 3.05) is 11.2 Å². The third kappa shape index (κ3) is 4.06. The quantitative estimate of drug-likeness (QED) is 0.652. The Bertz CT molecular complexity index is 511. The lowest BCUT2D eigenvalue weighted by atomic mass is 10.2. The first kappa shape index (κ1) is 13.5. The molecule has 0 saturated carbocycles. The maximum absolute atomic E-state index is 11.6. The number of halogens is 1. The summed E-state index contributed by atoms with van der Waals surface area (Å²) in [4.78, 5) is 11.6. The number of nitrogens with one attached hydrogen (secondary N) is 1. The van der Waals surface area contributed by atoms with Crippen LogP contribution in [0.25, 0.3) is 11.5 Å². The van der Waals surface area contributed by atoms with Gasteiger partial charge in [0.2, 0.25) is 18.2 Å². The van der Waals surface area contributed by atoms with E-state index in [0.717, 1.165) is 24.1 Å². The van der Waals surface area contributed by atoms with Gasteiger partial charge in [-0.05, 0) is 37.1 Å². The molecule has 0 aliphatic heterocycles. The number of amides is 1. The molecule has 2 aromatic rings. The molecule has 0 bridgehead atoms. The van der Waals surface area contributed by atoms with Crippen LogP contribution in [0.4, 0.5) is 5.69 Å². The Morgan fingerprint density at radius 2 is 2.05 bits per heavy atom. The summed E-state index contributed by atoms with van der Waals surface area (Å²) in [7, 11) is 0. The van der Waals surface area contributed by atoms with Crippen LogP contribution in [-0.2, 0) is 4.79 Å². The smallest absolute Gasteiger partial charge is 0.247 e. The number of aromatic nitrogens is 2. The molecule has 5 nitrogen and oxygen atoms in total. The summed E-state index contributed by atoms with van der Waals surface area (Å²) < 4.78 is 5.08. The Balaban J connectivity index is 1.90. The maximum Gasteiger partial charge on any atom is 0.247 e. The van der Waals surface area contributed by atoms with Crippen LogP contribution in [0.15, 0.2) is 35.1 Å². The van der Waals surface area contributed by atoms with Gasteiger partial charge in [0, 0.05) is 23.6 Å². The summed E-state index contributed by atoms with van der Waals surface area (Å²) in [5, 5.41) is 10.2. The van der Waals surface area contributed by atoms with Gasteiger partial charge in [-0.25, -0.2) is 0 Å². The second kappa shape index (κ2) is 6.89. The number of alkyl halides is 1. The van der Waals surface area contributed by atoms with E-state index >= 15 is 0 Å². The van der Waals surface area contributed by atoms with Gasteiger partial charge in [-0.15, -0.1) is 21.8 Å². The number of carbonyl (C=O) groups is 1. The van der Waals surface area contributed by atoms with Gasteiger partial charge >= 0.3 is 0 Å². The highest BCUT2D eigenvalue weighted by Crippen LogP contribution is 2.19. The van der Waals surface area contributed by atoms with Gasteiger partial charge < -0.3 is 9.73 Å². The Morgan fingerprint density at radius 3 is 2.68 bits per heavy atom. The van der Waals surface area contributed by atoms with Gasteiger partial charge in [0.25, 0.3) is 0 Å². The van der Waals surface area contributed by atoms with E-state index < -0.39 is 0 Å². The van der Waals surface area contributed by atoms with Crippen LogP contribution in [0.1, 0.15) is 19.3 Å². The van der Waals surface area contributed by atoms with Gasteiger partial charge in [-0.2, -0.15) is 0 Å². The van der Waals surface area contributed by atoms with Crippen molar-refractivity contribution in [3.8, 4) is 11.5 Å². The van der Waals surface area contributed by atoms with E-state index in [1.807, 2.05) is 12.1 Å². The molecule has 1 aromatic heterocycles. The van der Waals surface area contributed by atoms with Crippen molar-refractivity contribution in [2.45, 2.75) is 19.3 Å². The van der Waals surface area contributed by atoms with E-state index in [1.165, 1.54) is 6.39 Å². The van der Waals surface area contributed by atoms with Crippen LogP contribution in [0, 0.1) is 0 Å². The molecule has 0 unspecified atom stereocenters. The predicted octanol–water partition coefficient (Wildman–Crippen LogP) is 3.08. The zero-order chi connectivity index (χ0) is 13.5. The minimum atomic E-state index is -0.00402. The maximum atomic E-state index is 11.6. The molecule has 0 spiro atoms. The lowest BCUT2D eigenvalue weighted by Gasteiger charge is -2.05. The molecule has 0 radical (unpaired) electrons. The zero-order valence-corrected chi connectivity index (χ0v) is 11.1. The molecule has 1 heterocycles. The molecule has 100 valence electrons. The van der Waals surface area contributed by atoms with Crippen molar-refractivity contribution in [2.24, 2.45) is 0 Å². The van der Waals surface area contributed by atoms with Crippen LogP contribution in [0.2, 0.25) is 0 Å². The molecular formula is C13H14ClN3O2. The molecule has 0 aliphatic rings. The number of hydrogen-bond acceptors (Lipinski definition) is 4. The zero-order valence-electron chi connectivity index (χ0n) is 10.3. The Morgan fingerprint density at radius 1 is 1.26 bits per heavy atom. The van der Waals surface area contributed by atoms with Gasteiger partial charge in [-0.3, -0.25) is 4.79 Å². The van der Waals surface area contributed by atoms with Crippen LogP contribution in [0.5, 0.6) is 0 Å². The summed E-state index contributed by atoms with van der Waals surface area (Å²) in [6, 6.07) is 7.25. The van der Waals surface area contributed by atoms with Crippen molar-refractivity contribution in [1.29, 1.82) is 0 Å². The van der Waals surface area contributed by atoms with Gasteiger partial charge in [-0.1, -0.05) is 0 Å². The van der Waals surface area contributed by atoms with E-state index in [0.29, 0.717) is 18.2 Å². The van der Waals surface area contributed by atoms with Gasteiger partial charge in [0.05, 0.1) is 0 Å². The molecule has 1 N–H and O–H groups in total. The third-order valence-electron chi connectivity index (χ3n) is 2.56. The summed E-state index contributed by atoms with van der Waals surface area (Å²) in [5.74, 6) is 1.04. The standard InChI is InChI=1S/C13H14ClN3O2/c14-8-2-1-3-12(18)16-11-6-4-10(5-7-11)13-17-15-9-19-13/h4-7,9H,1-3,8H2,(H,16,18). The number of hydrogen-bond donors (Lipinski definition) is 1. The fraction of sp³-hybridized carbons (Fsp3) is 0.308. The number of rotatable bonds is 6. The van der Waals surface area contributed by atoms with E-state index in [2.05, 4.69) is 15.5 Å². The molecule has 1 aromatic carbocycles. The molecule has 0 aliphatic carbocycles. The molecule has 6 heteroatoms. The highest BCUT2D eigenvalue weighted by atomic mass is 35.5. The monoisotopic (exact) mass is 279 g/mol. The van der Waals surface area contributed by atoms with Crippen molar-refractivity contribution in [3.63, 3.8) is 0 Å². The number of benzene rings is 1. The van der Waals surface area contributed by atoms with Crippen molar-refractivity contribution >= 4 is 23.2 Å². The first-order chi connectivity index (χ1) is 9.29. The predicted molar refractivity (Wildman–Crippen MR) is 72.9 cm³/mol. The Labute approximate surface area is 116 Å². The molecule has 0 fully saturated rings. The summed E-state index contributed by atoms with van der Waals surface area (Å²) in [6.45, 7) is 0. The van der Waals surface area contributed by atoms with E-state index in [1.54, 1.807) is 12.1 Å². The first-order valence-corrected chi connectivity index (χ1v) is 6.55. The SMILES string of the molecule is O=C(CCCCCl)Nc1ccc(-c2nnco2)cc1. The molecule has 1 amide bonds. The van der Waals surface area contributed by atoms with Crippen molar-refractivity contribution < 1.29 is 9.21 Å². The normalized spacial score (nSPS) is 10.4. The minimum absolute atomic E-state index is 0.00402. The van der Waals surface area contributed by atoms with Crippen LogP contribution < -0.4 is 5.32 Å². The fourth-order valence-electron chi connectivity index (χ4n) is 1.60. The highest BCUT2D eigenvalue weighted by molar-refractivity contribution is 6.17. The van der Waals surface area contributed by atoms with Crippen LogP contribution in [-0.4, -0.2) is 22.0 Å². The van der Waals surface area contributed by atoms with Crippen molar-refractivity contribution in [1.82, 2.24) is 10.2 Å². The Kier molecular flexibility index (Phi) is 4.92. The van der Waals surface area contributed by atoms with E-state index in [-0.39, 0.29) is 5.91 Å². The molecule has 2 rings (SSSR count). The third-order valence-corrected chi connectivity index (χ3v) is 2.83.